The number of furan rings is 1. The standard InChI is InChI=1S/C13H14O3/c1-8(2)10-7-16-11-5-3-4-9(13(10)11)6-12(14)15/h3-5,7-8H,6H2,1-2H3,(H,14,15). The molecule has 0 amide bonds. The lowest BCUT2D eigenvalue weighted by Crippen LogP contribution is -2.01. The molecule has 0 saturated carbocycles. The lowest BCUT2D eigenvalue weighted by atomic mass is 9.97. The van der Waals surface area contributed by atoms with Crippen molar-refractivity contribution < 1.29 is 14.3 Å². The van der Waals surface area contributed by atoms with Crippen LogP contribution in [-0.4, -0.2) is 11.1 Å². The van der Waals surface area contributed by atoms with E-state index >= 15 is 0 Å². The summed E-state index contributed by atoms with van der Waals surface area (Å²) >= 11 is 0. The third-order valence-corrected chi connectivity index (χ3v) is 2.68. The summed E-state index contributed by atoms with van der Waals surface area (Å²) in [6.07, 6.45) is 1.76. The highest BCUT2D eigenvalue weighted by molar-refractivity contribution is 5.88. The Hall–Kier alpha value is -1.77. The number of rotatable bonds is 3. The SMILES string of the molecule is CC(C)c1coc2cccc(CC(=O)O)c12. The number of carbonyl (C=O) groups is 1. The monoisotopic (exact) mass is 218 g/mol. The molecule has 1 N–H and O–H groups in total. The van der Waals surface area contributed by atoms with Crippen LogP contribution in [0.1, 0.15) is 30.9 Å². The molecule has 0 bridgehead atoms. The van der Waals surface area contributed by atoms with E-state index in [2.05, 4.69) is 13.8 Å². The first-order chi connectivity index (χ1) is 7.59. The Balaban J connectivity index is 2.63. The van der Waals surface area contributed by atoms with Crippen molar-refractivity contribution in [3.8, 4) is 0 Å². The zero-order valence-corrected chi connectivity index (χ0v) is 9.36. The molecule has 0 unspecified atom stereocenters. The van der Waals surface area contributed by atoms with Crippen LogP contribution in [0, 0.1) is 0 Å². The van der Waals surface area contributed by atoms with Gasteiger partial charge in [-0.25, -0.2) is 0 Å². The number of benzene rings is 1. The molecule has 2 aromatic rings. The summed E-state index contributed by atoms with van der Waals surface area (Å²) in [5, 5.41) is 9.82. The molecule has 0 spiro atoms. The number of aliphatic carboxylic acids is 1. The van der Waals surface area contributed by atoms with Gasteiger partial charge < -0.3 is 9.52 Å². The molecule has 84 valence electrons. The van der Waals surface area contributed by atoms with Crippen molar-refractivity contribution in [2.24, 2.45) is 0 Å². The van der Waals surface area contributed by atoms with E-state index in [1.165, 1.54) is 0 Å². The van der Waals surface area contributed by atoms with Crippen LogP contribution in [-0.2, 0) is 11.2 Å². The van der Waals surface area contributed by atoms with E-state index in [4.69, 9.17) is 9.52 Å². The predicted molar refractivity (Wildman–Crippen MR) is 61.6 cm³/mol. The Morgan fingerprint density at radius 3 is 2.81 bits per heavy atom. The fourth-order valence-corrected chi connectivity index (χ4v) is 1.92. The third-order valence-electron chi connectivity index (χ3n) is 2.68. The van der Waals surface area contributed by atoms with Gasteiger partial charge >= 0.3 is 5.97 Å². The van der Waals surface area contributed by atoms with Gasteiger partial charge in [-0.2, -0.15) is 0 Å². The average molecular weight is 218 g/mol. The number of carboxylic acid groups (broad SMARTS) is 1. The lowest BCUT2D eigenvalue weighted by molar-refractivity contribution is -0.136. The minimum Gasteiger partial charge on any atom is -0.481 e. The predicted octanol–water partition coefficient (Wildman–Crippen LogP) is 3.18. The minimum absolute atomic E-state index is 0.0383. The van der Waals surface area contributed by atoms with Crippen LogP contribution < -0.4 is 0 Å². The van der Waals surface area contributed by atoms with Gasteiger partial charge in [0.1, 0.15) is 5.58 Å². The van der Waals surface area contributed by atoms with Crippen LogP contribution in [0.4, 0.5) is 0 Å². The summed E-state index contributed by atoms with van der Waals surface area (Å²) in [4.78, 5) is 10.8. The summed E-state index contributed by atoms with van der Waals surface area (Å²) in [5.74, 6) is -0.486. The zero-order chi connectivity index (χ0) is 11.7. The van der Waals surface area contributed by atoms with E-state index in [-0.39, 0.29) is 6.42 Å². The second-order valence-corrected chi connectivity index (χ2v) is 4.21. The van der Waals surface area contributed by atoms with Crippen LogP contribution in [0.3, 0.4) is 0 Å². The number of hydrogen-bond acceptors (Lipinski definition) is 2. The molecule has 3 nitrogen and oxygen atoms in total. The van der Waals surface area contributed by atoms with Gasteiger partial charge in [0.05, 0.1) is 12.7 Å². The highest BCUT2D eigenvalue weighted by atomic mass is 16.4. The molecule has 0 atom stereocenters. The van der Waals surface area contributed by atoms with E-state index in [0.29, 0.717) is 5.92 Å². The third kappa shape index (κ3) is 1.81. The van der Waals surface area contributed by atoms with Crippen molar-refractivity contribution in [2.75, 3.05) is 0 Å². The second-order valence-electron chi connectivity index (χ2n) is 4.21. The molecule has 0 radical (unpaired) electrons. The summed E-state index contributed by atoms with van der Waals surface area (Å²) < 4.78 is 5.44. The van der Waals surface area contributed by atoms with Gasteiger partial charge in [0.25, 0.3) is 0 Å². The largest absolute Gasteiger partial charge is 0.481 e. The number of fused-ring (bicyclic) bond motifs is 1. The van der Waals surface area contributed by atoms with Crippen molar-refractivity contribution in [3.63, 3.8) is 0 Å². The van der Waals surface area contributed by atoms with Crippen molar-refractivity contribution >= 4 is 16.9 Å². The Bertz CT molecular complexity index is 523. The van der Waals surface area contributed by atoms with Gasteiger partial charge in [0, 0.05) is 10.9 Å². The molecule has 0 aliphatic rings. The molecule has 1 aromatic heterocycles. The van der Waals surface area contributed by atoms with E-state index in [0.717, 1.165) is 22.1 Å². The fourth-order valence-electron chi connectivity index (χ4n) is 1.92. The average Bonchev–Trinajstić information content (AvgIpc) is 2.61. The molecule has 1 aromatic carbocycles. The van der Waals surface area contributed by atoms with Crippen molar-refractivity contribution in [2.45, 2.75) is 26.2 Å². The Labute approximate surface area is 93.7 Å². The molecule has 0 aliphatic carbocycles. The van der Waals surface area contributed by atoms with Crippen molar-refractivity contribution in [3.05, 3.63) is 35.6 Å². The van der Waals surface area contributed by atoms with Crippen LogP contribution in [0.2, 0.25) is 0 Å². The maximum Gasteiger partial charge on any atom is 0.307 e. The van der Waals surface area contributed by atoms with E-state index in [9.17, 15) is 4.79 Å². The molecule has 3 heteroatoms. The van der Waals surface area contributed by atoms with Crippen LogP contribution in [0.5, 0.6) is 0 Å². The normalized spacial score (nSPS) is 11.2. The molecular formula is C13H14O3. The van der Waals surface area contributed by atoms with Gasteiger partial charge in [0.15, 0.2) is 0 Å². The molecule has 16 heavy (non-hydrogen) atoms. The van der Waals surface area contributed by atoms with Gasteiger partial charge in [-0.1, -0.05) is 26.0 Å². The van der Waals surface area contributed by atoms with E-state index in [1.807, 2.05) is 18.2 Å². The summed E-state index contributed by atoms with van der Waals surface area (Å²) in [6, 6.07) is 5.54. The van der Waals surface area contributed by atoms with Gasteiger partial charge in [-0.05, 0) is 17.5 Å². The van der Waals surface area contributed by atoms with Crippen molar-refractivity contribution in [1.82, 2.24) is 0 Å². The number of hydrogen-bond donors (Lipinski definition) is 1. The van der Waals surface area contributed by atoms with Crippen molar-refractivity contribution in [1.29, 1.82) is 0 Å². The Morgan fingerprint density at radius 1 is 1.44 bits per heavy atom. The summed E-state index contributed by atoms with van der Waals surface area (Å²) in [6.45, 7) is 4.14. The molecule has 0 aliphatic heterocycles. The van der Waals surface area contributed by atoms with Gasteiger partial charge in [-0.15, -0.1) is 0 Å². The topological polar surface area (TPSA) is 50.4 Å². The molecular weight excluding hydrogens is 204 g/mol. The highest BCUT2D eigenvalue weighted by Crippen LogP contribution is 2.30. The Kier molecular flexibility index (Phi) is 2.69. The second kappa shape index (κ2) is 4.00. The first kappa shape index (κ1) is 10.7. The molecule has 1 heterocycles. The van der Waals surface area contributed by atoms with Crippen LogP contribution in [0.15, 0.2) is 28.9 Å². The lowest BCUT2D eigenvalue weighted by Gasteiger charge is -2.05. The fraction of sp³-hybridized carbons (Fsp3) is 0.308. The number of carboxylic acids is 1. The quantitative estimate of drug-likeness (QED) is 0.860. The zero-order valence-electron chi connectivity index (χ0n) is 9.36. The molecule has 2 rings (SSSR count). The first-order valence-corrected chi connectivity index (χ1v) is 5.30. The Morgan fingerprint density at radius 2 is 2.19 bits per heavy atom. The van der Waals surface area contributed by atoms with Crippen LogP contribution >= 0.6 is 0 Å². The molecule has 0 fully saturated rings. The van der Waals surface area contributed by atoms with E-state index in [1.54, 1.807) is 6.26 Å². The van der Waals surface area contributed by atoms with Gasteiger partial charge in [0.2, 0.25) is 0 Å². The van der Waals surface area contributed by atoms with Crippen LogP contribution in [0.25, 0.3) is 11.0 Å². The summed E-state index contributed by atoms with van der Waals surface area (Å²) in [5.41, 5.74) is 2.66. The van der Waals surface area contributed by atoms with Gasteiger partial charge in [-0.3, -0.25) is 4.79 Å². The highest BCUT2D eigenvalue weighted by Gasteiger charge is 2.14. The maximum atomic E-state index is 10.8. The van der Waals surface area contributed by atoms with E-state index < -0.39 is 5.97 Å². The molecule has 0 saturated heterocycles. The maximum absolute atomic E-state index is 10.8. The minimum atomic E-state index is -0.816. The summed E-state index contributed by atoms with van der Waals surface area (Å²) in [7, 11) is 0. The first-order valence-electron chi connectivity index (χ1n) is 5.30. The smallest absolute Gasteiger partial charge is 0.307 e.